The topological polar surface area (TPSA) is 78.6 Å². The highest BCUT2D eigenvalue weighted by Gasteiger charge is 2.29. The Morgan fingerprint density at radius 3 is 2.50 bits per heavy atom. The SMILES string of the molecule is CC(CO)N(C)CC(C)(C)C(=O)NN. The molecule has 0 aromatic carbocycles. The van der Waals surface area contributed by atoms with Gasteiger partial charge in [0.05, 0.1) is 12.0 Å². The average Bonchev–Trinajstić information content (AvgIpc) is 2.14. The molecule has 0 radical (unpaired) electrons. The molecule has 1 atom stereocenters. The molecule has 0 fully saturated rings. The van der Waals surface area contributed by atoms with Gasteiger partial charge in [-0.1, -0.05) is 0 Å². The molecule has 0 spiro atoms. The quantitative estimate of drug-likeness (QED) is 0.314. The number of nitrogens with zero attached hydrogens (tertiary/aromatic N) is 1. The van der Waals surface area contributed by atoms with Gasteiger partial charge in [0.2, 0.25) is 5.91 Å². The molecule has 0 rings (SSSR count). The maximum Gasteiger partial charge on any atom is 0.240 e. The molecule has 0 aromatic rings. The predicted molar refractivity (Wildman–Crippen MR) is 55.3 cm³/mol. The minimum absolute atomic E-state index is 0.0415. The smallest absolute Gasteiger partial charge is 0.240 e. The van der Waals surface area contributed by atoms with E-state index in [1.807, 2.05) is 32.7 Å². The van der Waals surface area contributed by atoms with E-state index in [1.165, 1.54) is 0 Å². The summed E-state index contributed by atoms with van der Waals surface area (Å²) in [5.74, 6) is 4.88. The van der Waals surface area contributed by atoms with Gasteiger partial charge in [-0.25, -0.2) is 5.84 Å². The van der Waals surface area contributed by atoms with Gasteiger partial charge >= 0.3 is 0 Å². The summed E-state index contributed by atoms with van der Waals surface area (Å²) in [4.78, 5) is 13.3. The molecule has 0 aliphatic rings. The normalized spacial score (nSPS) is 14.2. The molecule has 0 bridgehead atoms. The van der Waals surface area contributed by atoms with Crippen LogP contribution in [-0.4, -0.2) is 42.2 Å². The van der Waals surface area contributed by atoms with Crippen LogP contribution in [0.3, 0.4) is 0 Å². The first-order valence-corrected chi connectivity index (χ1v) is 4.67. The van der Waals surface area contributed by atoms with Gasteiger partial charge in [0.15, 0.2) is 0 Å². The summed E-state index contributed by atoms with van der Waals surface area (Å²) in [6, 6.07) is 0.0415. The summed E-state index contributed by atoms with van der Waals surface area (Å²) in [6.45, 7) is 6.16. The van der Waals surface area contributed by atoms with Crippen molar-refractivity contribution in [1.82, 2.24) is 10.3 Å². The number of nitrogens with one attached hydrogen (secondary N) is 1. The highest BCUT2D eigenvalue weighted by atomic mass is 16.3. The molecule has 1 amide bonds. The van der Waals surface area contributed by atoms with Crippen LogP contribution in [0, 0.1) is 5.41 Å². The number of carbonyl (C=O) groups excluding carboxylic acids is 1. The van der Waals surface area contributed by atoms with E-state index in [1.54, 1.807) is 0 Å². The van der Waals surface area contributed by atoms with E-state index >= 15 is 0 Å². The van der Waals surface area contributed by atoms with Crippen LogP contribution < -0.4 is 11.3 Å². The summed E-state index contributed by atoms with van der Waals surface area (Å²) >= 11 is 0. The maximum absolute atomic E-state index is 11.4. The van der Waals surface area contributed by atoms with Crippen LogP contribution in [0.25, 0.3) is 0 Å². The van der Waals surface area contributed by atoms with Crippen molar-refractivity contribution in [3.8, 4) is 0 Å². The van der Waals surface area contributed by atoms with E-state index in [-0.39, 0.29) is 18.6 Å². The Morgan fingerprint density at radius 2 is 2.14 bits per heavy atom. The third-order valence-electron chi connectivity index (χ3n) is 2.41. The van der Waals surface area contributed by atoms with Crippen molar-refractivity contribution in [2.45, 2.75) is 26.8 Å². The first-order valence-electron chi connectivity index (χ1n) is 4.67. The number of carbonyl (C=O) groups is 1. The summed E-state index contributed by atoms with van der Waals surface area (Å²) in [5.41, 5.74) is 1.59. The average molecular weight is 203 g/mol. The van der Waals surface area contributed by atoms with Crippen LogP contribution in [0.1, 0.15) is 20.8 Å². The summed E-state index contributed by atoms with van der Waals surface area (Å²) in [6.07, 6.45) is 0. The molecule has 0 saturated heterocycles. The molecular formula is C9H21N3O2. The number of hydrogen-bond donors (Lipinski definition) is 3. The number of hydrogen-bond acceptors (Lipinski definition) is 4. The Labute approximate surface area is 85.2 Å². The van der Waals surface area contributed by atoms with Crippen LogP contribution in [-0.2, 0) is 4.79 Å². The van der Waals surface area contributed by atoms with Gasteiger partial charge in [-0.15, -0.1) is 0 Å². The van der Waals surface area contributed by atoms with Gasteiger partial charge in [-0.2, -0.15) is 0 Å². The van der Waals surface area contributed by atoms with Gasteiger partial charge in [-0.3, -0.25) is 10.2 Å². The van der Waals surface area contributed by atoms with Crippen molar-refractivity contribution in [1.29, 1.82) is 0 Å². The zero-order valence-corrected chi connectivity index (χ0v) is 9.37. The van der Waals surface area contributed by atoms with E-state index in [9.17, 15) is 4.79 Å². The lowest BCUT2D eigenvalue weighted by Gasteiger charge is -2.31. The molecular weight excluding hydrogens is 182 g/mol. The van der Waals surface area contributed by atoms with E-state index in [4.69, 9.17) is 10.9 Å². The Balaban J connectivity index is 4.28. The molecule has 0 aliphatic heterocycles. The van der Waals surface area contributed by atoms with E-state index < -0.39 is 5.41 Å². The van der Waals surface area contributed by atoms with Gasteiger partial charge < -0.3 is 10.0 Å². The number of rotatable bonds is 5. The number of aliphatic hydroxyl groups is 1. The van der Waals surface area contributed by atoms with Gasteiger partial charge in [0, 0.05) is 12.6 Å². The van der Waals surface area contributed by atoms with Crippen molar-refractivity contribution >= 4 is 5.91 Å². The van der Waals surface area contributed by atoms with E-state index in [2.05, 4.69) is 5.43 Å². The van der Waals surface area contributed by atoms with Gasteiger partial charge in [-0.05, 0) is 27.8 Å². The standard InChI is InChI=1S/C9H21N3O2/c1-7(5-13)12(4)6-9(2,3)8(14)11-10/h7,13H,5-6,10H2,1-4H3,(H,11,14). The number of amides is 1. The van der Waals surface area contributed by atoms with Crippen LogP contribution in [0.5, 0.6) is 0 Å². The Bertz CT molecular complexity index is 194. The fraction of sp³-hybridized carbons (Fsp3) is 0.889. The van der Waals surface area contributed by atoms with Crippen LogP contribution in [0.4, 0.5) is 0 Å². The first kappa shape index (κ1) is 13.4. The summed E-state index contributed by atoms with van der Waals surface area (Å²) in [7, 11) is 1.87. The van der Waals surface area contributed by atoms with E-state index in [0.717, 1.165) is 0 Å². The van der Waals surface area contributed by atoms with Crippen molar-refractivity contribution in [3.05, 3.63) is 0 Å². The fourth-order valence-corrected chi connectivity index (χ4v) is 1.19. The minimum atomic E-state index is -0.549. The first-order chi connectivity index (χ1) is 6.35. The molecule has 0 saturated carbocycles. The van der Waals surface area contributed by atoms with Crippen LogP contribution in [0.15, 0.2) is 0 Å². The third-order valence-corrected chi connectivity index (χ3v) is 2.41. The second-order valence-electron chi connectivity index (χ2n) is 4.30. The lowest BCUT2D eigenvalue weighted by molar-refractivity contribution is -0.130. The molecule has 0 heterocycles. The molecule has 1 unspecified atom stereocenters. The van der Waals surface area contributed by atoms with Crippen LogP contribution in [0.2, 0.25) is 0 Å². The lowest BCUT2D eigenvalue weighted by Crippen LogP contribution is -2.48. The zero-order chi connectivity index (χ0) is 11.4. The second kappa shape index (κ2) is 5.29. The molecule has 84 valence electrons. The maximum atomic E-state index is 11.4. The van der Waals surface area contributed by atoms with E-state index in [0.29, 0.717) is 6.54 Å². The Kier molecular flexibility index (Phi) is 5.04. The Morgan fingerprint density at radius 1 is 1.64 bits per heavy atom. The van der Waals surface area contributed by atoms with Crippen molar-refractivity contribution in [2.75, 3.05) is 20.2 Å². The summed E-state index contributed by atoms with van der Waals surface area (Å²) < 4.78 is 0. The third kappa shape index (κ3) is 3.61. The number of hydrazine groups is 1. The predicted octanol–water partition coefficient (Wildman–Crippen LogP) is -0.685. The van der Waals surface area contributed by atoms with Crippen LogP contribution >= 0.6 is 0 Å². The van der Waals surface area contributed by atoms with Gasteiger partial charge in [0.1, 0.15) is 0 Å². The van der Waals surface area contributed by atoms with Gasteiger partial charge in [0.25, 0.3) is 0 Å². The minimum Gasteiger partial charge on any atom is -0.395 e. The molecule has 0 aromatic heterocycles. The highest BCUT2D eigenvalue weighted by Crippen LogP contribution is 2.17. The highest BCUT2D eigenvalue weighted by molar-refractivity contribution is 5.81. The zero-order valence-electron chi connectivity index (χ0n) is 9.37. The largest absolute Gasteiger partial charge is 0.395 e. The second-order valence-corrected chi connectivity index (χ2v) is 4.30. The summed E-state index contributed by atoms with van der Waals surface area (Å²) in [5, 5.41) is 8.93. The number of nitrogens with two attached hydrogens (primary N) is 1. The number of likely N-dealkylation sites (N-methyl/N-ethyl adjacent to an activating group) is 1. The lowest BCUT2D eigenvalue weighted by atomic mass is 9.91. The molecule has 0 aliphatic carbocycles. The monoisotopic (exact) mass is 203 g/mol. The Hall–Kier alpha value is -0.650. The molecule has 5 nitrogen and oxygen atoms in total. The molecule has 14 heavy (non-hydrogen) atoms. The number of aliphatic hydroxyl groups excluding tert-OH is 1. The van der Waals surface area contributed by atoms with Crippen molar-refractivity contribution in [2.24, 2.45) is 11.3 Å². The fourth-order valence-electron chi connectivity index (χ4n) is 1.19. The van der Waals surface area contributed by atoms with Crippen molar-refractivity contribution in [3.63, 3.8) is 0 Å². The molecule has 4 N–H and O–H groups in total. The van der Waals surface area contributed by atoms with Crippen molar-refractivity contribution < 1.29 is 9.90 Å². The molecule has 5 heteroatoms.